The van der Waals surface area contributed by atoms with Gasteiger partial charge in [0.25, 0.3) is 0 Å². The summed E-state index contributed by atoms with van der Waals surface area (Å²) in [5.74, 6) is 1.93. The van der Waals surface area contributed by atoms with Gasteiger partial charge in [0.05, 0.1) is 16.6 Å². The van der Waals surface area contributed by atoms with Crippen LogP contribution in [0.3, 0.4) is 0 Å². The molecule has 1 aromatic heterocycles. The molecule has 0 amide bonds. The number of nitrogens with two attached hydrogens (primary N) is 1. The van der Waals surface area contributed by atoms with Crippen molar-refractivity contribution in [3.63, 3.8) is 0 Å². The maximum atomic E-state index is 6.09. The first-order chi connectivity index (χ1) is 12.6. The zero-order valence-corrected chi connectivity index (χ0v) is 15.7. The highest BCUT2D eigenvalue weighted by atomic mass is 35.5. The molecule has 26 heavy (non-hydrogen) atoms. The SMILES string of the molecule is NC(=NCCOc1ccc(Cl)c(Cl)c1)N1CCN(c2ncccn2)CC1. The average molecular weight is 395 g/mol. The first-order valence-electron chi connectivity index (χ1n) is 8.28. The number of nitrogens with zero attached hydrogens (tertiary/aromatic N) is 5. The van der Waals surface area contributed by atoms with Crippen LogP contribution in [0, 0.1) is 0 Å². The van der Waals surface area contributed by atoms with E-state index in [1.54, 1.807) is 30.6 Å². The third kappa shape index (κ3) is 4.89. The summed E-state index contributed by atoms with van der Waals surface area (Å²) < 4.78 is 5.61. The number of hydrogen-bond donors (Lipinski definition) is 1. The molecule has 3 rings (SSSR count). The van der Waals surface area contributed by atoms with Crippen molar-refractivity contribution in [1.82, 2.24) is 14.9 Å². The second-order valence-corrected chi connectivity index (χ2v) is 6.50. The summed E-state index contributed by atoms with van der Waals surface area (Å²) in [6.07, 6.45) is 3.50. The van der Waals surface area contributed by atoms with Gasteiger partial charge in [0, 0.05) is 44.6 Å². The Bertz CT molecular complexity index is 750. The number of guanidine groups is 1. The minimum atomic E-state index is 0.413. The van der Waals surface area contributed by atoms with Gasteiger partial charge in [-0.1, -0.05) is 23.2 Å². The van der Waals surface area contributed by atoms with Crippen molar-refractivity contribution in [2.45, 2.75) is 0 Å². The molecule has 1 saturated heterocycles. The molecule has 1 aliphatic heterocycles. The van der Waals surface area contributed by atoms with Crippen LogP contribution < -0.4 is 15.4 Å². The number of piperazine rings is 1. The lowest BCUT2D eigenvalue weighted by atomic mass is 10.3. The van der Waals surface area contributed by atoms with Gasteiger partial charge in [0.2, 0.25) is 5.95 Å². The Morgan fingerprint density at radius 2 is 1.85 bits per heavy atom. The monoisotopic (exact) mass is 394 g/mol. The van der Waals surface area contributed by atoms with Crippen LogP contribution >= 0.6 is 23.2 Å². The normalized spacial score (nSPS) is 15.2. The minimum Gasteiger partial charge on any atom is -0.492 e. The van der Waals surface area contributed by atoms with Crippen LogP contribution in [0.25, 0.3) is 0 Å². The molecule has 0 saturated carbocycles. The van der Waals surface area contributed by atoms with Crippen molar-refractivity contribution in [3.05, 3.63) is 46.7 Å². The summed E-state index contributed by atoms with van der Waals surface area (Å²) in [4.78, 5) is 17.1. The number of aromatic nitrogens is 2. The maximum absolute atomic E-state index is 6.09. The predicted octanol–water partition coefficient (Wildman–Crippen LogP) is 2.30. The zero-order valence-electron chi connectivity index (χ0n) is 14.2. The van der Waals surface area contributed by atoms with E-state index in [0.717, 1.165) is 32.1 Å². The van der Waals surface area contributed by atoms with Crippen LogP contribution in [-0.2, 0) is 0 Å². The lowest BCUT2D eigenvalue weighted by molar-refractivity contribution is 0.326. The molecule has 0 bridgehead atoms. The second-order valence-electron chi connectivity index (χ2n) is 5.69. The Hall–Kier alpha value is -2.25. The van der Waals surface area contributed by atoms with Gasteiger partial charge in [-0.05, 0) is 18.2 Å². The second kappa shape index (κ2) is 8.91. The fraction of sp³-hybridized carbons (Fsp3) is 0.353. The van der Waals surface area contributed by atoms with Crippen molar-refractivity contribution >= 4 is 35.1 Å². The van der Waals surface area contributed by atoms with E-state index in [4.69, 9.17) is 33.7 Å². The lowest BCUT2D eigenvalue weighted by Gasteiger charge is -2.35. The van der Waals surface area contributed by atoms with Crippen molar-refractivity contribution in [3.8, 4) is 5.75 Å². The Morgan fingerprint density at radius 3 is 2.54 bits per heavy atom. The molecule has 0 unspecified atom stereocenters. The molecule has 2 aromatic rings. The third-order valence-corrected chi connectivity index (χ3v) is 4.70. The highest BCUT2D eigenvalue weighted by Gasteiger charge is 2.19. The van der Waals surface area contributed by atoms with Gasteiger partial charge in [-0.3, -0.25) is 0 Å². The molecule has 2 N–H and O–H groups in total. The Kier molecular flexibility index (Phi) is 6.35. The smallest absolute Gasteiger partial charge is 0.225 e. The van der Waals surface area contributed by atoms with Gasteiger partial charge in [-0.15, -0.1) is 0 Å². The maximum Gasteiger partial charge on any atom is 0.225 e. The fourth-order valence-electron chi connectivity index (χ4n) is 2.58. The van der Waals surface area contributed by atoms with E-state index in [9.17, 15) is 0 Å². The topological polar surface area (TPSA) is 79.9 Å². The summed E-state index contributed by atoms with van der Waals surface area (Å²) in [6, 6.07) is 6.96. The molecule has 9 heteroatoms. The predicted molar refractivity (Wildman–Crippen MR) is 104 cm³/mol. The van der Waals surface area contributed by atoms with E-state index in [0.29, 0.717) is 34.9 Å². The van der Waals surface area contributed by atoms with Crippen LogP contribution in [0.2, 0.25) is 10.0 Å². The first-order valence-corrected chi connectivity index (χ1v) is 9.04. The highest BCUT2D eigenvalue weighted by Crippen LogP contribution is 2.26. The number of ether oxygens (including phenoxy) is 1. The molecule has 0 spiro atoms. The van der Waals surface area contributed by atoms with Gasteiger partial charge in [-0.2, -0.15) is 0 Å². The van der Waals surface area contributed by atoms with Gasteiger partial charge < -0.3 is 20.3 Å². The van der Waals surface area contributed by atoms with E-state index in [2.05, 4.69) is 24.8 Å². The summed E-state index contributed by atoms with van der Waals surface area (Å²) in [5.41, 5.74) is 6.09. The van der Waals surface area contributed by atoms with Crippen LogP contribution in [0.4, 0.5) is 5.95 Å². The van der Waals surface area contributed by atoms with Crippen LogP contribution in [-0.4, -0.2) is 60.2 Å². The molecule has 1 aliphatic rings. The number of aliphatic imine (C=N–C) groups is 1. The van der Waals surface area contributed by atoms with Gasteiger partial charge in [0.15, 0.2) is 5.96 Å². The Morgan fingerprint density at radius 1 is 1.12 bits per heavy atom. The van der Waals surface area contributed by atoms with Crippen LogP contribution in [0.15, 0.2) is 41.7 Å². The standard InChI is InChI=1S/C17H20Cl2N6O/c18-14-3-2-13(12-15(14)19)26-11-6-21-16(20)24-7-9-25(10-8-24)17-22-4-1-5-23-17/h1-5,12H,6-11H2,(H2,20,21). The molecular weight excluding hydrogens is 375 g/mol. The molecule has 0 radical (unpaired) electrons. The largest absolute Gasteiger partial charge is 0.492 e. The van der Waals surface area contributed by atoms with E-state index in [1.165, 1.54) is 0 Å². The van der Waals surface area contributed by atoms with Crippen LogP contribution in [0.1, 0.15) is 0 Å². The molecular formula is C17H20Cl2N6O. The van der Waals surface area contributed by atoms with E-state index < -0.39 is 0 Å². The molecule has 1 aromatic carbocycles. The number of benzene rings is 1. The van der Waals surface area contributed by atoms with Gasteiger partial charge in [0.1, 0.15) is 12.4 Å². The van der Waals surface area contributed by atoms with Crippen molar-refractivity contribution in [1.29, 1.82) is 0 Å². The van der Waals surface area contributed by atoms with E-state index in [-0.39, 0.29) is 0 Å². The molecule has 0 atom stereocenters. The summed E-state index contributed by atoms with van der Waals surface area (Å²) in [6.45, 7) is 4.05. The summed E-state index contributed by atoms with van der Waals surface area (Å²) in [5, 5.41) is 0.966. The molecule has 2 heterocycles. The number of hydrogen-bond acceptors (Lipinski definition) is 5. The summed E-state index contributed by atoms with van der Waals surface area (Å²) >= 11 is 11.8. The zero-order chi connectivity index (χ0) is 18.4. The number of halogens is 2. The fourth-order valence-corrected chi connectivity index (χ4v) is 2.87. The minimum absolute atomic E-state index is 0.413. The van der Waals surface area contributed by atoms with Crippen molar-refractivity contribution in [2.24, 2.45) is 10.7 Å². The average Bonchev–Trinajstić information content (AvgIpc) is 2.68. The van der Waals surface area contributed by atoms with Gasteiger partial charge >= 0.3 is 0 Å². The van der Waals surface area contributed by atoms with Crippen LogP contribution in [0.5, 0.6) is 5.75 Å². The van der Waals surface area contributed by atoms with Crippen molar-refractivity contribution in [2.75, 3.05) is 44.2 Å². The van der Waals surface area contributed by atoms with Gasteiger partial charge in [-0.25, -0.2) is 15.0 Å². The van der Waals surface area contributed by atoms with E-state index >= 15 is 0 Å². The third-order valence-electron chi connectivity index (χ3n) is 3.96. The molecule has 1 fully saturated rings. The lowest BCUT2D eigenvalue weighted by Crippen LogP contribution is -2.51. The molecule has 7 nitrogen and oxygen atoms in total. The summed E-state index contributed by atoms with van der Waals surface area (Å²) in [7, 11) is 0. The Labute approximate surface area is 162 Å². The molecule has 138 valence electrons. The quantitative estimate of drug-likeness (QED) is 0.476. The number of anilines is 1. The first kappa shape index (κ1) is 18.5. The molecule has 0 aliphatic carbocycles. The highest BCUT2D eigenvalue weighted by molar-refractivity contribution is 6.42. The number of rotatable bonds is 5. The van der Waals surface area contributed by atoms with E-state index in [1.807, 2.05) is 6.07 Å². The Balaban J connectivity index is 1.43. The van der Waals surface area contributed by atoms with Crippen molar-refractivity contribution < 1.29 is 4.74 Å².